The number of benzene rings is 2. The maximum absolute atomic E-state index is 13.7. The van der Waals surface area contributed by atoms with Gasteiger partial charge in [0.25, 0.3) is 0 Å². The number of H-pyrrole nitrogens is 1. The molecular formula is C17H12F5N3O. The number of aromatic nitrogens is 2. The zero-order valence-electron chi connectivity index (χ0n) is 13.4. The van der Waals surface area contributed by atoms with Crippen LogP contribution in [0.3, 0.4) is 0 Å². The summed E-state index contributed by atoms with van der Waals surface area (Å²) < 4.78 is 66.8. The highest BCUT2D eigenvalue weighted by Gasteiger charge is 2.33. The first kappa shape index (κ1) is 17.8. The molecule has 0 aliphatic rings. The Morgan fingerprint density at radius 3 is 2.46 bits per heavy atom. The van der Waals surface area contributed by atoms with E-state index in [1.807, 2.05) is 0 Å². The second-order valence-electron chi connectivity index (χ2n) is 5.74. The first-order valence-corrected chi connectivity index (χ1v) is 7.43. The minimum absolute atomic E-state index is 0.0317. The Morgan fingerprint density at radius 1 is 1.08 bits per heavy atom. The molecule has 0 atom stereocenters. The number of aromatic amines is 1. The first-order chi connectivity index (χ1) is 12.1. The van der Waals surface area contributed by atoms with Crippen LogP contribution >= 0.6 is 0 Å². The van der Waals surface area contributed by atoms with Gasteiger partial charge in [0.05, 0.1) is 5.52 Å². The van der Waals surface area contributed by atoms with Crippen molar-refractivity contribution in [2.24, 2.45) is 0 Å². The van der Waals surface area contributed by atoms with Crippen molar-refractivity contribution in [3.63, 3.8) is 0 Å². The number of anilines is 2. The van der Waals surface area contributed by atoms with Crippen LogP contribution in [-0.4, -0.2) is 22.7 Å². The van der Waals surface area contributed by atoms with Gasteiger partial charge in [-0.1, -0.05) is 0 Å². The van der Waals surface area contributed by atoms with Crippen molar-refractivity contribution in [3.8, 4) is 0 Å². The third kappa shape index (κ3) is 3.81. The summed E-state index contributed by atoms with van der Waals surface area (Å²) in [6, 6.07) is 6.61. The summed E-state index contributed by atoms with van der Waals surface area (Å²) in [5, 5.41) is -0.0317. The van der Waals surface area contributed by atoms with E-state index in [9.17, 15) is 26.7 Å². The molecule has 0 fully saturated rings. The van der Waals surface area contributed by atoms with Gasteiger partial charge in [0.15, 0.2) is 0 Å². The van der Waals surface area contributed by atoms with E-state index in [1.54, 1.807) is 0 Å². The van der Waals surface area contributed by atoms with Crippen molar-refractivity contribution < 1.29 is 22.0 Å². The van der Waals surface area contributed by atoms with Gasteiger partial charge in [0.2, 0.25) is 0 Å². The fourth-order valence-electron chi connectivity index (χ4n) is 2.66. The molecule has 0 unspecified atom stereocenters. The minimum Gasteiger partial charge on any atom is -0.316 e. The lowest BCUT2D eigenvalue weighted by Crippen LogP contribution is -2.32. The Balaban J connectivity index is 2.30. The number of rotatable bonds is 3. The number of nitrogens with one attached hydrogen (secondary N) is 1. The molecule has 1 aromatic heterocycles. The van der Waals surface area contributed by atoms with E-state index >= 15 is 0 Å². The number of nitrogens with zero attached hydrogens (tertiary/aromatic N) is 2. The molecule has 0 aliphatic heterocycles. The van der Waals surface area contributed by atoms with Crippen molar-refractivity contribution >= 4 is 22.4 Å². The van der Waals surface area contributed by atoms with Gasteiger partial charge in [-0.05, 0) is 48.9 Å². The van der Waals surface area contributed by atoms with Crippen LogP contribution in [0.15, 0.2) is 41.2 Å². The van der Waals surface area contributed by atoms with Gasteiger partial charge in [-0.2, -0.15) is 18.2 Å². The zero-order valence-corrected chi connectivity index (χ0v) is 13.4. The lowest BCUT2D eigenvalue weighted by atomic mass is 10.1. The molecule has 136 valence electrons. The minimum atomic E-state index is -4.68. The van der Waals surface area contributed by atoms with E-state index in [-0.39, 0.29) is 16.6 Å². The van der Waals surface area contributed by atoms with Gasteiger partial charge in [0.1, 0.15) is 24.0 Å². The Kier molecular flexibility index (Phi) is 4.39. The van der Waals surface area contributed by atoms with E-state index in [1.165, 1.54) is 19.1 Å². The maximum Gasteiger partial charge on any atom is 0.406 e. The summed E-state index contributed by atoms with van der Waals surface area (Å²) in [6.45, 7) is -0.0146. The van der Waals surface area contributed by atoms with Crippen molar-refractivity contribution in [1.82, 2.24) is 9.97 Å². The van der Waals surface area contributed by atoms with Crippen molar-refractivity contribution in [2.75, 3.05) is 11.4 Å². The number of aryl methyl sites for hydroxylation is 1. The van der Waals surface area contributed by atoms with Crippen LogP contribution in [-0.2, 0) is 0 Å². The molecule has 0 aliphatic carbocycles. The highest BCUT2D eigenvalue weighted by Crippen LogP contribution is 2.33. The summed E-state index contributed by atoms with van der Waals surface area (Å²) in [5.74, 6) is -1.87. The van der Waals surface area contributed by atoms with Gasteiger partial charge in [0, 0.05) is 11.1 Å². The molecule has 3 aromatic rings. The SMILES string of the molecule is Cc1cc(F)cc(N(CC(F)(F)F)c2nc(=O)[nH]c3ccc(F)cc23)c1. The van der Waals surface area contributed by atoms with Gasteiger partial charge >= 0.3 is 11.9 Å². The van der Waals surface area contributed by atoms with Gasteiger partial charge < -0.3 is 9.88 Å². The van der Waals surface area contributed by atoms with E-state index in [2.05, 4.69) is 9.97 Å². The van der Waals surface area contributed by atoms with E-state index in [0.29, 0.717) is 10.5 Å². The van der Waals surface area contributed by atoms with Crippen LogP contribution < -0.4 is 10.6 Å². The molecule has 0 saturated carbocycles. The molecule has 3 rings (SSSR count). The van der Waals surface area contributed by atoms with E-state index in [4.69, 9.17) is 0 Å². The number of hydrogen-bond donors (Lipinski definition) is 1. The predicted octanol–water partition coefficient (Wildman–Crippen LogP) is 4.21. The summed E-state index contributed by atoms with van der Waals surface area (Å²) in [5.41, 5.74) is -0.558. The Hall–Kier alpha value is -2.97. The topological polar surface area (TPSA) is 49.0 Å². The van der Waals surface area contributed by atoms with Gasteiger partial charge in [-0.25, -0.2) is 13.6 Å². The molecule has 1 heterocycles. The van der Waals surface area contributed by atoms with Crippen LogP contribution in [0.25, 0.3) is 10.9 Å². The van der Waals surface area contributed by atoms with Gasteiger partial charge in [-0.15, -0.1) is 0 Å². The lowest BCUT2D eigenvalue weighted by molar-refractivity contribution is -0.118. The molecule has 0 spiro atoms. The standard InChI is InChI=1S/C17H12F5N3O/c1-9-4-11(19)6-12(5-9)25(8-17(20,21)22)15-13-7-10(18)2-3-14(13)23-16(26)24-15/h2-7H,8H2,1H3,(H,23,24,26). The third-order valence-corrected chi connectivity index (χ3v) is 3.60. The van der Waals surface area contributed by atoms with Crippen LogP contribution in [0.4, 0.5) is 33.5 Å². The predicted molar refractivity (Wildman–Crippen MR) is 86.5 cm³/mol. The third-order valence-electron chi connectivity index (χ3n) is 3.60. The number of fused-ring (bicyclic) bond motifs is 1. The monoisotopic (exact) mass is 369 g/mol. The van der Waals surface area contributed by atoms with Gasteiger partial charge in [-0.3, -0.25) is 0 Å². The summed E-state index contributed by atoms with van der Waals surface area (Å²) in [4.78, 5) is 18.4. The number of halogens is 5. The highest BCUT2D eigenvalue weighted by atomic mass is 19.4. The molecule has 26 heavy (non-hydrogen) atoms. The normalized spacial score (nSPS) is 11.8. The largest absolute Gasteiger partial charge is 0.406 e. The summed E-state index contributed by atoms with van der Waals surface area (Å²) in [6.07, 6.45) is -4.68. The maximum atomic E-state index is 13.7. The fraction of sp³-hybridized carbons (Fsp3) is 0.176. The second-order valence-corrected chi connectivity index (χ2v) is 5.74. The summed E-state index contributed by atoms with van der Waals surface area (Å²) in [7, 11) is 0. The average molecular weight is 369 g/mol. The van der Waals surface area contributed by atoms with Crippen molar-refractivity contribution in [1.29, 1.82) is 0 Å². The number of alkyl halides is 3. The Morgan fingerprint density at radius 2 is 1.81 bits per heavy atom. The summed E-state index contributed by atoms with van der Waals surface area (Å²) >= 11 is 0. The molecule has 1 N–H and O–H groups in total. The fourth-order valence-corrected chi connectivity index (χ4v) is 2.66. The van der Waals surface area contributed by atoms with Crippen molar-refractivity contribution in [2.45, 2.75) is 13.1 Å². The second kappa shape index (κ2) is 6.40. The first-order valence-electron chi connectivity index (χ1n) is 7.43. The van der Waals surface area contributed by atoms with Crippen LogP contribution in [0.5, 0.6) is 0 Å². The van der Waals surface area contributed by atoms with E-state index < -0.39 is 35.9 Å². The van der Waals surface area contributed by atoms with E-state index in [0.717, 1.165) is 24.3 Å². The molecule has 0 bridgehead atoms. The molecule has 2 aromatic carbocycles. The molecular weight excluding hydrogens is 357 g/mol. The quantitative estimate of drug-likeness (QED) is 0.704. The smallest absolute Gasteiger partial charge is 0.316 e. The lowest BCUT2D eigenvalue weighted by Gasteiger charge is -2.26. The van der Waals surface area contributed by atoms with Crippen LogP contribution in [0.1, 0.15) is 5.56 Å². The number of hydrogen-bond acceptors (Lipinski definition) is 3. The zero-order chi connectivity index (χ0) is 19.1. The molecule has 0 amide bonds. The Bertz CT molecular complexity index is 1010. The molecule has 4 nitrogen and oxygen atoms in total. The molecule has 0 radical (unpaired) electrons. The molecule has 0 saturated heterocycles. The Labute approximate surface area is 143 Å². The van der Waals surface area contributed by atoms with Crippen LogP contribution in [0.2, 0.25) is 0 Å². The highest BCUT2D eigenvalue weighted by molar-refractivity contribution is 5.91. The van der Waals surface area contributed by atoms with Crippen LogP contribution in [0, 0.1) is 18.6 Å². The van der Waals surface area contributed by atoms with Crippen molar-refractivity contribution in [3.05, 3.63) is 64.1 Å². The average Bonchev–Trinajstić information content (AvgIpc) is 2.50. The molecule has 9 heteroatoms.